The lowest BCUT2D eigenvalue weighted by atomic mass is 9.98. The molecule has 3 N–H and O–H groups in total. The predicted octanol–water partition coefficient (Wildman–Crippen LogP) is 3.33. The fourth-order valence-corrected chi connectivity index (χ4v) is 3.15. The number of aliphatic hydroxyl groups excluding tert-OH is 1. The van der Waals surface area contributed by atoms with Crippen LogP contribution < -0.4 is 11.3 Å². The van der Waals surface area contributed by atoms with E-state index in [0.717, 1.165) is 36.1 Å². The van der Waals surface area contributed by atoms with Gasteiger partial charge in [-0.3, -0.25) is 4.79 Å². The van der Waals surface area contributed by atoms with Gasteiger partial charge in [0.25, 0.3) is 5.56 Å². The quantitative estimate of drug-likeness (QED) is 0.669. The van der Waals surface area contributed by atoms with E-state index in [2.05, 4.69) is 12.6 Å². The monoisotopic (exact) mass is 326 g/mol. The lowest BCUT2D eigenvalue weighted by molar-refractivity contribution is 0.251. The van der Waals surface area contributed by atoms with Crippen molar-refractivity contribution in [3.8, 4) is 11.1 Å². The van der Waals surface area contributed by atoms with Crippen molar-refractivity contribution < 1.29 is 5.11 Å². The molecule has 0 bridgehead atoms. The van der Waals surface area contributed by atoms with Crippen molar-refractivity contribution in [1.29, 1.82) is 0 Å². The van der Waals surface area contributed by atoms with Gasteiger partial charge in [-0.05, 0) is 42.0 Å². The number of aromatic nitrogens is 1. The van der Waals surface area contributed by atoms with Crippen LogP contribution in [0.4, 0.5) is 5.69 Å². The molecule has 4 nitrogen and oxygen atoms in total. The van der Waals surface area contributed by atoms with E-state index in [1.165, 1.54) is 15.7 Å². The van der Waals surface area contributed by atoms with Crippen molar-refractivity contribution in [2.24, 2.45) is 0 Å². The van der Waals surface area contributed by atoms with Crippen LogP contribution in [0.5, 0.6) is 0 Å². The Morgan fingerprint density at radius 2 is 2.08 bits per heavy atom. The molecule has 1 aliphatic carbocycles. The molecule has 2 aromatic rings. The maximum absolute atomic E-state index is 12.3. The van der Waals surface area contributed by atoms with Crippen LogP contribution in [0.1, 0.15) is 37.4 Å². The zero-order valence-electron chi connectivity index (χ0n) is 14.5. The lowest BCUT2D eigenvalue weighted by Crippen LogP contribution is -2.24. The number of rotatable bonds is 4. The highest BCUT2D eigenvalue weighted by molar-refractivity contribution is 5.79. The molecule has 4 heteroatoms. The highest BCUT2D eigenvalue weighted by Crippen LogP contribution is 2.34. The number of aryl methyl sites for hydroxylation is 1. The smallest absolute Gasteiger partial charge is 0.251 e. The lowest BCUT2D eigenvalue weighted by Gasteiger charge is -2.15. The average Bonchev–Trinajstić information content (AvgIpc) is 3.09. The van der Waals surface area contributed by atoms with E-state index < -0.39 is 6.04 Å². The van der Waals surface area contributed by atoms with Crippen LogP contribution >= 0.6 is 0 Å². The molecule has 1 heterocycles. The van der Waals surface area contributed by atoms with Crippen molar-refractivity contribution in [3.05, 3.63) is 64.6 Å². The van der Waals surface area contributed by atoms with Gasteiger partial charge < -0.3 is 15.4 Å². The predicted molar refractivity (Wildman–Crippen MR) is 100 cm³/mol. The fraction of sp³-hybridized carbons (Fsp3) is 0.350. The summed E-state index contributed by atoms with van der Waals surface area (Å²) in [5.74, 6) is 0. The Kier molecular flexibility index (Phi) is 5.99. The number of nitrogens with zero attached hydrogens (tertiary/aromatic N) is 1. The van der Waals surface area contributed by atoms with E-state index in [1.54, 1.807) is 18.3 Å². The third-order valence-electron chi connectivity index (χ3n) is 4.40. The molecule has 0 saturated heterocycles. The van der Waals surface area contributed by atoms with Crippen molar-refractivity contribution in [3.63, 3.8) is 0 Å². The topological polar surface area (TPSA) is 68.2 Å². The van der Waals surface area contributed by atoms with Gasteiger partial charge in [0.15, 0.2) is 0 Å². The molecule has 1 aromatic heterocycles. The van der Waals surface area contributed by atoms with Crippen LogP contribution in [0.25, 0.3) is 11.1 Å². The van der Waals surface area contributed by atoms with Crippen LogP contribution in [0, 0.1) is 0 Å². The number of benzene rings is 1. The Balaban J connectivity index is 0.00000100. The van der Waals surface area contributed by atoms with Gasteiger partial charge in [-0.1, -0.05) is 32.1 Å². The second-order valence-corrected chi connectivity index (χ2v) is 5.66. The van der Waals surface area contributed by atoms with Gasteiger partial charge in [-0.15, -0.1) is 6.58 Å². The third kappa shape index (κ3) is 3.29. The first-order valence-electron chi connectivity index (χ1n) is 8.52. The molecular formula is C20H26N2O2. The molecule has 1 unspecified atom stereocenters. The molecule has 1 aliphatic rings. The molecule has 3 rings (SSSR count). The number of pyridine rings is 1. The minimum atomic E-state index is -0.404. The molecule has 0 aliphatic heterocycles. The Labute approximate surface area is 143 Å². The largest absolute Gasteiger partial charge is 0.398 e. The Bertz CT molecular complexity index is 778. The highest BCUT2D eigenvalue weighted by Gasteiger charge is 2.17. The SMILES string of the molecule is C=CC(CO)n1ccc(-c2ccc3c(c2N)CCC3)cc1=O.CC. The van der Waals surface area contributed by atoms with Crippen LogP contribution in [-0.2, 0) is 12.8 Å². The van der Waals surface area contributed by atoms with Gasteiger partial charge in [0, 0.05) is 23.5 Å². The molecule has 0 amide bonds. The first kappa shape index (κ1) is 18.0. The summed E-state index contributed by atoms with van der Waals surface area (Å²) in [5.41, 5.74) is 11.2. The molecule has 1 atom stereocenters. The zero-order chi connectivity index (χ0) is 17.7. The molecule has 0 radical (unpaired) electrons. The first-order chi connectivity index (χ1) is 11.7. The van der Waals surface area contributed by atoms with E-state index in [9.17, 15) is 9.90 Å². The summed E-state index contributed by atoms with van der Waals surface area (Å²) < 4.78 is 1.47. The summed E-state index contributed by atoms with van der Waals surface area (Å²) in [6, 6.07) is 7.13. The van der Waals surface area contributed by atoms with Gasteiger partial charge in [-0.25, -0.2) is 0 Å². The molecule has 128 valence electrons. The second-order valence-electron chi connectivity index (χ2n) is 5.66. The normalized spacial score (nSPS) is 13.6. The molecule has 0 saturated carbocycles. The van der Waals surface area contributed by atoms with Gasteiger partial charge in [-0.2, -0.15) is 0 Å². The van der Waals surface area contributed by atoms with Crippen molar-refractivity contribution in [1.82, 2.24) is 4.57 Å². The Morgan fingerprint density at radius 1 is 1.33 bits per heavy atom. The summed E-state index contributed by atoms with van der Waals surface area (Å²) >= 11 is 0. The van der Waals surface area contributed by atoms with Crippen molar-refractivity contribution >= 4 is 5.69 Å². The number of fused-ring (bicyclic) bond motifs is 1. The van der Waals surface area contributed by atoms with Gasteiger partial charge in [0.1, 0.15) is 0 Å². The molecule has 0 fully saturated rings. The number of hydrogen-bond donors (Lipinski definition) is 2. The summed E-state index contributed by atoms with van der Waals surface area (Å²) in [7, 11) is 0. The average molecular weight is 326 g/mol. The van der Waals surface area contributed by atoms with Gasteiger partial charge >= 0.3 is 0 Å². The summed E-state index contributed by atoms with van der Waals surface area (Å²) in [6.07, 6.45) is 6.48. The Hall–Kier alpha value is -2.33. The number of anilines is 1. The van der Waals surface area contributed by atoms with E-state index in [0.29, 0.717) is 0 Å². The first-order valence-corrected chi connectivity index (χ1v) is 8.52. The maximum Gasteiger partial charge on any atom is 0.251 e. The second kappa shape index (κ2) is 7.97. The molecule has 1 aromatic carbocycles. The van der Waals surface area contributed by atoms with Crippen LogP contribution in [-0.4, -0.2) is 16.3 Å². The minimum Gasteiger partial charge on any atom is -0.398 e. The van der Waals surface area contributed by atoms with Crippen LogP contribution in [0.2, 0.25) is 0 Å². The van der Waals surface area contributed by atoms with Crippen LogP contribution in [0.3, 0.4) is 0 Å². The maximum atomic E-state index is 12.3. The van der Waals surface area contributed by atoms with E-state index >= 15 is 0 Å². The highest BCUT2D eigenvalue weighted by atomic mass is 16.3. The third-order valence-corrected chi connectivity index (χ3v) is 4.40. The van der Waals surface area contributed by atoms with Crippen LogP contribution in [0.15, 0.2) is 47.9 Å². The number of aliphatic hydroxyl groups is 1. The van der Waals surface area contributed by atoms with Gasteiger partial charge in [0.2, 0.25) is 0 Å². The Morgan fingerprint density at radius 3 is 2.71 bits per heavy atom. The van der Waals surface area contributed by atoms with E-state index in [4.69, 9.17) is 5.73 Å². The summed E-state index contributed by atoms with van der Waals surface area (Å²) in [5, 5.41) is 9.29. The van der Waals surface area contributed by atoms with Crippen molar-refractivity contribution in [2.45, 2.75) is 39.2 Å². The summed E-state index contributed by atoms with van der Waals surface area (Å²) in [6.45, 7) is 7.49. The van der Waals surface area contributed by atoms with E-state index in [-0.39, 0.29) is 12.2 Å². The fourth-order valence-electron chi connectivity index (χ4n) is 3.15. The van der Waals surface area contributed by atoms with Gasteiger partial charge in [0.05, 0.1) is 12.6 Å². The molecular weight excluding hydrogens is 300 g/mol. The molecule has 24 heavy (non-hydrogen) atoms. The number of nitrogens with two attached hydrogens (primary N) is 1. The standard InChI is InChI=1S/C18H20N2O2.C2H6/c1-2-14(11-21)20-9-8-13(10-17(20)22)16-7-6-12-4-3-5-15(12)18(16)19;1-2/h2,6-10,14,21H,1,3-5,11,19H2;1-2H3. The molecule has 0 spiro atoms. The van der Waals surface area contributed by atoms with E-state index in [1.807, 2.05) is 26.0 Å². The van der Waals surface area contributed by atoms with Crippen molar-refractivity contribution in [2.75, 3.05) is 12.3 Å². The number of nitrogen functional groups attached to an aromatic ring is 1. The minimum absolute atomic E-state index is 0.149. The zero-order valence-corrected chi connectivity index (χ0v) is 14.5. The summed E-state index contributed by atoms with van der Waals surface area (Å²) in [4.78, 5) is 12.3. The number of hydrogen-bond acceptors (Lipinski definition) is 3.